The lowest BCUT2D eigenvalue weighted by molar-refractivity contribution is -0.306. The van der Waals surface area contributed by atoms with Crippen LogP contribution < -0.4 is 0 Å². The average molecular weight is 284 g/mol. The molecule has 7 N–H and O–H groups in total. The number of rotatable bonds is 6. The standard InChI is InChI=1S/C10H20O9/c11-1-4(13)5(14)3-18-10-9(17)8(16)7(15)6(2-12)19-10/h4-17H,1-3H2/t4-,5+,6?,7+,8?,9?,10+/m0/s1. The van der Waals surface area contributed by atoms with E-state index in [0.29, 0.717) is 0 Å². The van der Waals surface area contributed by atoms with Gasteiger partial charge in [0.1, 0.15) is 36.6 Å². The van der Waals surface area contributed by atoms with Gasteiger partial charge in [-0.25, -0.2) is 0 Å². The summed E-state index contributed by atoms with van der Waals surface area (Å²) in [6, 6.07) is 0. The predicted molar refractivity (Wildman–Crippen MR) is 58.8 cm³/mol. The molecule has 114 valence electrons. The Bertz CT molecular complexity index is 261. The molecule has 1 saturated heterocycles. The highest BCUT2D eigenvalue weighted by molar-refractivity contribution is 4.89. The van der Waals surface area contributed by atoms with Crippen molar-refractivity contribution in [3.63, 3.8) is 0 Å². The SMILES string of the molecule is OCC1O[C@@H](OC[C@@H](O)[C@@H](O)CO)C(O)C(O)[C@@H]1O. The number of hydrogen-bond acceptors (Lipinski definition) is 9. The monoisotopic (exact) mass is 284 g/mol. The molecule has 0 bridgehead atoms. The molecule has 1 aliphatic heterocycles. The Hall–Kier alpha value is -0.360. The Balaban J connectivity index is 2.52. The first-order valence-corrected chi connectivity index (χ1v) is 5.81. The van der Waals surface area contributed by atoms with Crippen molar-refractivity contribution in [3.8, 4) is 0 Å². The lowest BCUT2D eigenvalue weighted by Gasteiger charge is -2.39. The lowest BCUT2D eigenvalue weighted by atomic mass is 9.99. The summed E-state index contributed by atoms with van der Waals surface area (Å²) in [4.78, 5) is 0. The van der Waals surface area contributed by atoms with Crippen LogP contribution in [0.1, 0.15) is 0 Å². The van der Waals surface area contributed by atoms with Crippen molar-refractivity contribution in [2.75, 3.05) is 19.8 Å². The summed E-state index contributed by atoms with van der Waals surface area (Å²) >= 11 is 0. The largest absolute Gasteiger partial charge is 0.394 e. The van der Waals surface area contributed by atoms with Gasteiger partial charge in [-0.05, 0) is 0 Å². The lowest BCUT2D eigenvalue weighted by Crippen LogP contribution is -2.59. The Labute approximate surface area is 109 Å². The topological polar surface area (TPSA) is 160 Å². The number of hydrogen-bond donors (Lipinski definition) is 7. The molecule has 9 nitrogen and oxygen atoms in total. The molecule has 1 fully saturated rings. The first-order valence-electron chi connectivity index (χ1n) is 5.81. The summed E-state index contributed by atoms with van der Waals surface area (Å²) in [5, 5.41) is 64.5. The highest BCUT2D eigenvalue weighted by Crippen LogP contribution is 2.22. The Morgan fingerprint density at radius 2 is 1.58 bits per heavy atom. The minimum atomic E-state index is -1.57. The van der Waals surface area contributed by atoms with Gasteiger partial charge < -0.3 is 45.2 Å². The fourth-order valence-corrected chi connectivity index (χ4v) is 1.63. The van der Waals surface area contributed by atoms with Crippen molar-refractivity contribution >= 4 is 0 Å². The molecule has 0 spiro atoms. The van der Waals surface area contributed by atoms with E-state index in [1.54, 1.807) is 0 Å². The van der Waals surface area contributed by atoms with Gasteiger partial charge in [0, 0.05) is 0 Å². The van der Waals surface area contributed by atoms with Crippen molar-refractivity contribution in [2.24, 2.45) is 0 Å². The van der Waals surface area contributed by atoms with E-state index in [0.717, 1.165) is 0 Å². The Morgan fingerprint density at radius 3 is 2.11 bits per heavy atom. The molecule has 1 aliphatic rings. The van der Waals surface area contributed by atoms with Gasteiger partial charge >= 0.3 is 0 Å². The summed E-state index contributed by atoms with van der Waals surface area (Å²) in [6.45, 7) is -1.73. The van der Waals surface area contributed by atoms with E-state index in [4.69, 9.17) is 24.8 Å². The summed E-state index contributed by atoms with van der Waals surface area (Å²) in [5.74, 6) is 0. The van der Waals surface area contributed by atoms with E-state index >= 15 is 0 Å². The third kappa shape index (κ3) is 4.05. The molecule has 0 aliphatic carbocycles. The van der Waals surface area contributed by atoms with Crippen LogP contribution in [0.25, 0.3) is 0 Å². The first-order chi connectivity index (χ1) is 8.92. The molecule has 0 radical (unpaired) electrons. The molecular weight excluding hydrogens is 264 g/mol. The van der Waals surface area contributed by atoms with Gasteiger partial charge in [0.25, 0.3) is 0 Å². The van der Waals surface area contributed by atoms with Crippen LogP contribution in [0.4, 0.5) is 0 Å². The second kappa shape index (κ2) is 7.43. The van der Waals surface area contributed by atoms with E-state index in [-0.39, 0.29) is 0 Å². The van der Waals surface area contributed by atoms with E-state index < -0.39 is 62.7 Å². The molecule has 0 aromatic carbocycles. The molecule has 0 aromatic heterocycles. The Morgan fingerprint density at radius 1 is 0.947 bits per heavy atom. The van der Waals surface area contributed by atoms with E-state index in [2.05, 4.69) is 0 Å². The summed E-state index contributed by atoms with van der Waals surface area (Å²) in [7, 11) is 0. The third-order valence-electron chi connectivity index (χ3n) is 2.91. The van der Waals surface area contributed by atoms with Crippen LogP contribution in [0.5, 0.6) is 0 Å². The van der Waals surface area contributed by atoms with Crippen LogP contribution in [0.3, 0.4) is 0 Å². The van der Waals surface area contributed by atoms with Crippen LogP contribution in [0.2, 0.25) is 0 Å². The van der Waals surface area contributed by atoms with Crippen molar-refractivity contribution in [1.82, 2.24) is 0 Å². The minimum Gasteiger partial charge on any atom is -0.394 e. The number of aliphatic hydroxyl groups is 7. The van der Waals surface area contributed by atoms with Crippen LogP contribution in [-0.4, -0.2) is 98.5 Å². The van der Waals surface area contributed by atoms with Crippen molar-refractivity contribution in [2.45, 2.75) is 42.9 Å². The summed E-state index contributed by atoms with van der Waals surface area (Å²) in [5.41, 5.74) is 0. The van der Waals surface area contributed by atoms with E-state index in [1.165, 1.54) is 0 Å². The zero-order valence-electron chi connectivity index (χ0n) is 10.1. The van der Waals surface area contributed by atoms with Crippen molar-refractivity contribution in [1.29, 1.82) is 0 Å². The van der Waals surface area contributed by atoms with Crippen molar-refractivity contribution in [3.05, 3.63) is 0 Å². The van der Waals surface area contributed by atoms with Crippen LogP contribution in [0.15, 0.2) is 0 Å². The average Bonchev–Trinajstić information content (AvgIpc) is 2.42. The first kappa shape index (κ1) is 16.7. The molecule has 7 atom stereocenters. The zero-order valence-corrected chi connectivity index (χ0v) is 10.1. The van der Waals surface area contributed by atoms with Gasteiger partial charge in [0.05, 0.1) is 19.8 Å². The maximum absolute atomic E-state index is 9.59. The van der Waals surface area contributed by atoms with Gasteiger partial charge in [-0.2, -0.15) is 0 Å². The normalized spacial score (nSPS) is 39.0. The molecule has 0 aromatic rings. The van der Waals surface area contributed by atoms with Gasteiger partial charge in [-0.1, -0.05) is 0 Å². The molecule has 3 unspecified atom stereocenters. The zero-order chi connectivity index (χ0) is 14.6. The molecule has 19 heavy (non-hydrogen) atoms. The fraction of sp³-hybridized carbons (Fsp3) is 1.00. The molecular formula is C10H20O9. The highest BCUT2D eigenvalue weighted by Gasteiger charge is 2.44. The number of ether oxygens (including phenoxy) is 2. The molecule has 9 heteroatoms. The predicted octanol–water partition coefficient (Wildman–Crippen LogP) is -4.48. The van der Waals surface area contributed by atoms with E-state index in [1.807, 2.05) is 0 Å². The van der Waals surface area contributed by atoms with E-state index in [9.17, 15) is 20.4 Å². The van der Waals surface area contributed by atoms with Gasteiger partial charge in [-0.3, -0.25) is 0 Å². The maximum Gasteiger partial charge on any atom is 0.186 e. The molecule has 1 heterocycles. The number of aliphatic hydroxyl groups excluding tert-OH is 7. The van der Waals surface area contributed by atoms with Crippen molar-refractivity contribution < 1.29 is 45.2 Å². The maximum atomic E-state index is 9.59. The molecule has 0 saturated carbocycles. The smallest absolute Gasteiger partial charge is 0.186 e. The van der Waals surface area contributed by atoms with Gasteiger partial charge in [0.2, 0.25) is 0 Å². The summed E-state index contributed by atoms with van der Waals surface area (Å²) < 4.78 is 9.96. The molecule has 0 amide bonds. The second-order valence-electron chi connectivity index (χ2n) is 4.35. The highest BCUT2D eigenvalue weighted by atomic mass is 16.7. The van der Waals surface area contributed by atoms with Crippen LogP contribution >= 0.6 is 0 Å². The Kier molecular flexibility index (Phi) is 6.53. The van der Waals surface area contributed by atoms with Gasteiger partial charge in [-0.15, -0.1) is 0 Å². The van der Waals surface area contributed by atoms with Crippen LogP contribution in [0, 0.1) is 0 Å². The fourth-order valence-electron chi connectivity index (χ4n) is 1.63. The third-order valence-corrected chi connectivity index (χ3v) is 2.91. The van der Waals surface area contributed by atoms with Crippen LogP contribution in [-0.2, 0) is 9.47 Å². The minimum absolute atomic E-state index is 0.468. The second-order valence-corrected chi connectivity index (χ2v) is 4.35. The van der Waals surface area contributed by atoms with Gasteiger partial charge in [0.15, 0.2) is 6.29 Å². The summed E-state index contributed by atoms with van der Waals surface area (Å²) in [6.07, 6.45) is -9.94. The quantitative estimate of drug-likeness (QED) is 0.255. The molecule has 1 rings (SSSR count).